The van der Waals surface area contributed by atoms with E-state index in [0.717, 1.165) is 24.4 Å². The molecule has 0 fully saturated rings. The molecular weight excluding hydrogens is 252 g/mol. The van der Waals surface area contributed by atoms with E-state index in [9.17, 15) is 0 Å². The topological polar surface area (TPSA) is 44.7 Å². The van der Waals surface area contributed by atoms with Crippen molar-refractivity contribution in [1.82, 2.24) is 4.90 Å². The van der Waals surface area contributed by atoms with Crippen molar-refractivity contribution in [1.29, 1.82) is 0 Å². The van der Waals surface area contributed by atoms with Gasteiger partial charge in [0, 0.05) is 12.6 Å². The van der Waals surface area contributed by atoms with E-state index in [-0.39, 0.29) is 12.2 Å². The first-order chi connectivity index (χ1) is 9.41. The fourth-order valence-electron chi connectivity index (χ4n) is 2.45. The summed E-state index contributed by atoms with van der Waals surface area (Å²) in [6.07, 6.45) is 0.967. The number of hydrogen-bond donors (Lipinski definition) is 2. The Morgan fingerprint density at radius 2 is 2.20 bits per heavy atom. The predicted octanol–water partition coefficient (Wildman–Crippen LogP) is 2.12. The molecule has 4 heteroatoms. The molecule has 112 valence electrons. The van der Waals surface area contributed by atoms with E-state index in [4.69, 9.17) is 9.84 Å². The molecule has 0 bridgehead atoms. The highest BCUT2D eigenvalue weighted by atomic mass is 16.5. The summed E-state index contributed by atoms with van der Waals surface area (Å²) in [5.74, 6) is 0.932. The Labute approximate surface area is 121 Å². The molecular formula is C16H26N2O2. The van der Waals surface area contributed by atoms with Gasteiger partial charge in [-0.2, -0.15) is 0 Å². The highest BCUT2D eigenvalue weighted by Crippen LogP contribution is 2.33. The molecule has 1 aromatic carbocycles. The Hall–Kier alpha value is -1.26. The zero-order valence-electron chi connectivity index (χ0n) is 12.9. The quantitative estimate of drug-likeness (QED) is 0.866. The maximum atomic E-state index is 8.99. The molecule has 0 radical (unpaired) electrons. The molecule has 0 spiro atoms. The summed E-state index contributed by atoms with van der Waals surface area (Å²) in [6.45, 7) is 8.09. The van der Waals surface area contributed by atoms with Gasteiger partial charge in [0.15, 0.2) is 0 Å². The molecule has 1 unspecified atom stereocenters. The molecule has 1 aliphatic heterocycles. The largest absolute Gasteiger partial charge is 0.484 e. The van der Waals surface area contributed by atoms with Gasteiger partial charge in [0.05, 0.1) is 18.8 Å². The summed E-state index contributed by atoms with van der Waals surface area (Å²) in [4.78, 5) is 2.17. The van der Waals surface area contributed by atoms with Crippen molar-refractivity contribution in [2.24, 2.45) is 0 Å². The number of hydrogen-bond acceptors (Lipinski definition) is 4. The third kappa shape index (κ3) is 3.64. The van der Waals surface area contributed by atoms with Crippen molar-refractivity contribution in [3.63, 3.8) is 0 Å². The van der Waals surface area contributed by atoms with Gasteiger partial charge in [-0.15, -0.1) is 0 Å². The zero-order valence-corrected chi connectivity index (χ0v) is 12.9. The second-order valence-corrected chi connectivity index (χ2v) is 6.30. The van der Waals surface area contributed by atoms with E-state index in [1.54, 1.807) is 0 Å². The third-order valence-electron chi connectivity index (χ3n) is 3.87. The summed E-state index contributed by atoms with van der Waals surface area (Å²) in [6, 6.07) is 6.76. The summed E-state index contributed by atoms with van der Waals surface area (Å²) in [7, 11) is 2.04. The fraction of sp³-hybridized carbons (Fsp3) is 0.625. The van der Waals surface area contributed by atoms with Crippen LogP contribution in [0, 0.1) is 0 Å². The normalized spacial score (nSPS) is 18.1. The Balaban J connectivity index is 2.05. The van der Waals surface area contributed by atoms with Gasteiger partial charge in [-0.05, 0) is 51.9 Å². The van der Waals surface area contributed by atoms with E-state index in [1.165, 1.54) is 5.56 Å². The number of fused-ring (bicyclic) bond motifs is 1. The van der Waals surface area contributed by atoms with Gasteiger partial charge >= 0.3 is 0 Å². The highest BCUT2D eigenvalue weighted by molar-refractivity contribution is 5.60. The van der Waals surface area contributed by atoms with Crippen molar-refractivity contribution in [2.75, 3.05) is 32.1 Å². The van der Waals surface area contributed by atoms with Gasteiger partial charge in [0.25, 0.3) is 0 Å². The molecule has 1 aliphatic rings. The van der Waals surface area contributed by atoms with Crippen LogP contribution in [0.1, 0.15) is 26.3 Å². The molecule has 0 aliphatic carbocycles. The SMILES string of the molecule is CC(Cc1ccc2c(c1)NCC(C)(C)O2)N(C)CCO. The van der Waals surface area contributed by atoms with Crippen molar-refractivity contribution in [3.8, 4) is 5.75 Å². The minimum Gasteiger partial charge on any atom is -0.484 e. The Morgan fingerprint density at radius 1 is 1.45 bits per heavy atom. The summed E-state index contributed by atoms with van der Waals surface area (Å²) >= 11 is 0. The number of ether oxygens (including phenoxy) is 1. The molecule has 0 saturated heterocycles. The average Bonchev–Trinajstić information content (AvgIpc) is 2.38. The van der Waals surface area contributed by atoms with Crippen LogP contribution >= 0.6 is 0 Å². The molecule has 0 saturated carbocycles. The number of likely N-dealkylation sites (N-methyl/N-ethyl adjacent to an activating group) is 1. The van der Waals surface area contributed by atoms with Crippen molar-refractivity contribution >= 4 is 5.69 Å². The van der Waals surface area contributed by atoms with Crippen LogP contribution in [0.4, 0.5) is 5.69 Å². The lowest BCUT2D eigenvalue weighted by atomic mass is 10.0. The number of anilines is 1. The Bertz CT molecular complexity index is 460. The minimum atomic E-state index is -0.150. The number of benzene rings is 1. The first kappa shape index (κ1) is 15.1. The molecule has 20 heavy (non-hydrogen) atoms. The number of aliphatic hydroxyl groups is 1. The lowest BCUT2D eigenvalue weighted by molar-refractivity contribution is 0.116. The fourth-order valence-corrected chi connectivity index (χ4v) is 2.45. The molecule has 1 heterocycles. The van der Waals surface area contributed by atoms with Crippen LogP contribution in [0.15, 0.2) is 18.2 Å². The van der Waals surface area contributed by atoms with E-state index >= 15 is 0 Å². The van der Waals surface area contributed by atoms with Gasteiger partial charge in [-0.1, -0.05) is 6.07 Å². The molecule has 1 atom stereocenters. The number of aliphatic hydroxyl groups excluding tert-OH is 1. The minimum absolute atomic E-state index is 0.150. The first-order valence-electron chi connectivity index (χ1n) is 7.28. The summed E-state index contributed by atoms with van der Waals surface area (Å²) in [5, 5.41) is 12.4. The van der Waals surface area contributed by atoms with Crippen LogP contribution < -0.4 is 10.1 Å². The van der Waals surface area contributed by atoms with E-state index in [2.05, 4.69) is 49.2 Å². The standard InChI is InChI=1S/C16H26N2O2/c1-12(18(4)7-8-19)9-13-5-6-15-14(10-13)17-11-16(2,3)20-15/h5-6,10,12,17,19H,7-9,11H2,1-4H3. The van der Waals surface area contributed by atoms with Gasteiger partial charge < -0.3 is 20.1 Å². The lowest BCUT2D eigenvalue weighted by Crippen LogP contribution is -2.40. The molecule has 4 nitrogen and oxygen atoms in total. The van der Waals surface area contributed by atoms with Crippen LogP contribution in [0.3, 0.4) is 0 Å². The predicted molar refractivity (Wildman–Crippen MR) is 82.5 cm³/mol. The smallest absolute Gasteiger partial charge is 0.143 e. The van der Waals surface area contributed by atoms with Crippen LogP contribution in [-0.4, -0.2) is 48.4 Å². The van der Waals surface area contributed by atoms with Gasteiger partial charge in [-0.25, -0.2) is 0 Å². The van der Waals surface area contributed by atoms with Gasteiger partial charge in [0.1, 0.15) is 11.4 Å². The van der Waals surface area contributed by atoms with E-state index in [0.29, 0.717) is 12.6 Å². The average molecular weight is 278 g/mol. The number of nitrogens with one attached hydrogen (secondary N) is 1. The second kappa shape index (κ2) is 6.02. The molecule has 0 amide bonds. The first-order valence-corrected chi connectivity index (χ1v) is 7.28. The summed E-state index contributed by atoms with van der Waals surface area (Å²) < 4.78 is 5.96. The van der Waals surface area contributed by atoms with E-state index < -0.39 is 0 Å². The second-order valence-electron chi connectivity index (χ2n) is 6.30. The van der Waals surface area contributed by atoms with Crippen molar-refractivity contribution in [3.05, 3.63) is 23.8 Å². The van der Waals surface area contributed by atoms with Crippen LogP contribution in [-0.2, 0) is 6.42 Å². The molecule has 2 N–H and O–H groups in total. The third-order valence-corrected chi connectivity index (χ3v) is 3.87. The monoisotopic (exact) mass is 278 g/mol. The maximum absolute atomic E-state index is 8.99. The van der Waals surface area contributed by atoms with E-state index in [1.807, 2.05) is 7.05 Å². The van der Waals surface area contributed by atoms with Gasteiger partial charge in [-0.3, -0.25) is 0 Å². The number of rotatable bonds is 5. The molecule has 0 aromatic heterocycles. The van der Waals surface area contributed by atoms with Gasteiger partial charge in [0.2, 0.25) is 0 Å². The lowest BCUT2D eigenvalue weighted by Gasteiger charge is -2.34. The van der Waals surface area contributed by atoms with Crippen molar-refractivity contribution in [2.45, 2.75) is 38.8 Å². The molecule has 1 aromatic rings. The maximum Gasteiger partial charge on any atom is 0.143 e. The highest BCUT2D eigenvalue weighted by Gasteiger charge is 2.26. The zero-order chi connectivity index (χ0) is 14.8. The van der Waals surface area contributed by atoms with Crippen LogP contribution in [0.2, 0.25) is 0 Å². The summed E-state index contributed by atoms with van der Waals surface area (Å²) in [5.41, 5.74) is 2.22. The molecule has 2 rings (SSSR count). The van der Waals surface area contributed by atoms with Crippen LogP contribution in [0.5, 0.6) is 5.75 Å². The Morgan fingerprint density at radius 3 is 2.90 bits per heavy atom. The Kier molecular flexibility index (Phi) is 4.55. The van der Waals surface area contributed by atoms with Crippen LogP contribution in [0.25, 0.3) is 0 Å². The van der Waals surface area contributed by atoms with Crippen molar-refractivity contribution < 1.29 is 9.84 Å². The number of nitrogens with zero attached hydrogens (tertiary/aromatic N) is 1.